The van der Waals surface area contributed by atoms with Gasteiger partial charge in [-0.3, -0.25) is 4.79 Å². The molecule has 166 valence electrons. The summed E-state index contributed by atoms with van der Waals surface area (Å²) in [6.07, 6.45) is 0. The van der Waals surface area contributed by atoms with E-state index >= 15 is 0 Å². The average Bonchev–Trinajstić information content (AvgIpc) is 3.16. The number of hydrogen-bond donors (Lipinski definition) is 1. The number of nitrogens with zero attached hydrogens (tertiary/aromatic N) is 3. The third-order valence-electron chi connectivity index (χ3n) is 5.12. The summed E-state index contributed by atoms with van der Waals surface area (Å²) in [5.41, 5.74) is 1.17. The van der Waals surface area contributed by atoms with Crippen LogP contribution in [0.5, 0.6) is 0 Å². The van der Waals surface area contributed by atoms with Crippen LogP contribution in [0.1, 0.15) is 5.69 Å². The molecule has 5 nitrogen and oxygen atoms in total. The number of pyridine rings is 1. The third kappa shape index (κ3) is 3.86. The Kier molecular flexibility index (Phi) is 5.54. The van der Waals surface area contributed by atoms with Gasteiger partial charge in [0.25, 0.3) is 5.56 Å². The molecule has 0 bridgehead atoms. The lowest BCUT2D eigenvalue weighted by Crippen LogP contribution is -2.15. The van der Waals surface area contributed by atoms with E-state index in [0.29, 0.717) is 11.1 Å². The molecule has 0 unspecified atom stereocenters. The van der Waals surface area contributed by atoms with E-state index in [9.17, 15) is 9.18 Å². The van der Waals surface area contributed by atoms with Gasteiger partial charge in [0.1, 0.15) is 16.5 Å². The first kappa shape index (κ1) is 22.4. The number of fused-ring (bicyclic) bond motifs is 2. The predicted molar refractivity (Wildman–Crippen MR) is 131 cm³/mol. The highest BCUT2D eigenvalue weighted by Crippen LogP contribution is 2.45. The van der Waals surface area contributed by atoms with Gasteiger partial charge in [-0.25, -0.2) is 9.37 Å². The second-order valence-corrected chi connectivity index (χ2v) is 10.1. The van der Waals surface area contributed by atoms with Crippen molar-refractivity contribution >= 4 is 74.4 Å². The Hall–Kier alpha value is -2.35. The van der Waals surface area contributed by atoms with Crippen molar-refractivity contribution in [2.75, 3.05) is 0 Å². The predicted octanol–water partition coefficient (Wildman–Crippen LogP) is 7.18. The standard InChI is InChI=1S/C22H10Cl5FN4O/c23-19-13(8-14(28)20(24)30-19)15-9-16(33)32-21(29-15)17(18(31-32)22(25,26)27)12-7-3-5-10-4-1-2-6-11(10)12/h1-9,29H. The van der Waals surface area contributed by atoms with Crippen LogP contribution in [0.2, 0.25) is 10.3 Å². The van der Waals surface area contributed by atoms with Gasteiger partial charge in [0, 0.05) is 11.6 Å². The molecule has 1 N–H and O–H groups in total. The van der Waals surface area contributed by atoms with Gasteiger partial charge in [-0.05, 0) is 22.4 Å². The van der Waals surface area contributed by atoms with Gasteiger partial charge in [-0.15, -0.1) is 0 Å². The number of aromatic nitrogens is 4. The second-order valence-electron chi connectivity index (χ2n) is 7.13. The number of H-pyrrole nitrogens is 1. The molecule has 3 aromatic heterocycles. The molecule has 0 aliphatic rings. The molecule has 3 heterocycles. The first-order valence-electron chi connectivity index (χ1n) is 9.38. The van der Waals surface area contributed by atoms with Crippen LogP contribution in [-0.4, -0.2) is 19.6 Å². The smallest absolute Gasteiger partial charge is 0.274 e. The van der Waals surface area contributed by atoms with E-state index in [1.54, 1.807) is 0 Å². The average molecular weight is 543 g/mol. The molecule has 0 aliphatic carbocycles. The highest BCUT2D eigenvalue weighted by Gasteiger charge is 2.33. The molecule has 2 aromatic carbocycles. The van der Waals surface area contributed by atoms with E-state index in [1.165, 1.54) is 6.07 Å². The minimum atomic E-state index is -1.94. The van der Waals surface area contributed by atoms with Crippen molar-refractivity contribution in [2.24, 2.45) is 0 Å². The topological polar surface area (TPSA) is 63.0 Å². The van der Waals surface area contributed by atoms with Crippen molar-refractivity contribution in [1.29, 1.82) is 0 Å². The van der Waals surface area contributed by atoms with Gasteiger partial charge in [-0.2, -0.15) is 9.61 Å². The van der Waals surface area contributed by atoms with E-state index in [4.69, 9.17) is 58.0 Å². The second kappa shape index (κ2) is 8.15. The fraction of sp³-hybridized carbons (Fsp3) is 0.0455. The Balaban J connectivity index is 1.90. The Bertz CT molecular complexity index is 1620. The van der Waals surface area contributed by atoms with Gasteiger partial charge in [-0.1, -0.05) is 100 Å². The van der Waals surface area contributed by atoms with Crippen LogP contribution in [0.15, 0.2) is 59.4 Å². The van der Waals surface area contributed by atoms with E-state index in [2.05, 4.69) is 15.1 Å². The molecular formula is C22H10Cl5FN4O. The van der Waals surface area contributed by atoms with Gasteiger partial charge in [0.15, 0.2) is 11.0 Å². The maximum atomic E-state index is 14.1. The summed E-state index contributed by atoms with van der Waals surface area (Å²) in [5.74, 6) is -0.790. The highest BCUT2D eigenvalue weighted by molar-refractivity contribution is 6.67. The van der Waals surface area contributed by atoms with Crippen LogP contribution >= 0.6 is 58.0 Å². The van der Waals surface area contributed by atoms with Crippen LogP contribution in [0.3, 0.4) is 0 Å². The first-order valence-corrected chi connectivity index (χ1v) is 11.3. The molecular weight excluding hydrogens is 533 g/mol. The van der Waals surface area contributed by atoms with Crippen molar-refractivity contribution in [3.8, 4) is 22.4 Å². The Morgan fingerprint density at radius 3 is 2.42 bits per heavy atom. The molecule has 0 aliphatic heterocycles. The fourth-order valence-electron chi connectivity index (χ4n) is 3.72. The summed E-state index contributed by atoms with van der Waals surface area (Å²) in [6.45, 7) is 0. The lowest BCUT2D eigenvalue weighted by molar-refractivity contribution is 0.622. The number of nitrogens with one attached hydrogen (secondary N) is 1. The minimum absolute atomic E-state index is 0.0564. The maximum absolute atomic E-state index is 14.1. The highest BCUT2D eigenvalue weighted by atomic mass is 35.6. The summed E-state index contributed by atoms with van der Waals surface area (Å²) < 4.78 is 13.3. The molecule has 33 heavy (non-hydrogen) atoms. The van der Waals surface area contributed by atoms with Crippen molar-refractivity contribution < 1.29 is 4.39 Å². The van der Waals surface area contributed by atoms with E-state index < -0.39 is 15.2 Å². The van der Waals surface area contributed by atoms with Crippen LogP contribution in [0.4, 0.5) is 4.39 Å². The molecule has 5 rings (SSSR count). The lowest BCUT2D eigenvalue weighted by Gasteiger charge is -2.12. The van der Waals surface area contributed by atoms with Gasteiger partial charge < -0.3 is 4.98 Å². The summed E-state index contributed by atoms with van der Waals surface area (Å²) in [6, 6.07) is 15.5. The van der Waals surface area contributed by atoms with Gasteiger partial charge >= 0.3 is 0 Å². The third-order valence-corrected chi connectivity index (χ3v) is 6.21. The van der Waals surface area contributed by atoms with Crippen LogP contribution in [0.25, 0.3) is 38.8 Å². The summed E-state index contributed by atoms with van der Waals surface area (Å²) in [7, 11) is 0. The molecule has 0 saturated heterocycles. The zero-order valence-corrected chi connectivity index (χ0v) is 20.0. The quantitative estimate of drug-likeness (QED) is 0.190. The Morgan fingerprint density at radius 1 is 0.939 bits per heavy atom. The van der Waals surface area contributed by atoms with Crippen molar-refractivity contribution in [1.82, 2.24) is 19.6 Å². The van der Waals surface area contributed by atoms with Crippen LogP contribution < -0.4 is 5.56 Å². The maximum Gasteiger partial charge on any atom is 0.274 e. The molecule has 0 fully saturated rings. The summed E-state index contributed by atoms with van der Waals surface area (Å²) >= 11 is 30.7. The Labute approximate surface area is 210 Å². The molecule has 5 aromatic rings. The first-order chi connectivity index (χ1) is 15.6. The van der Waals surface area contributed by atoms with Crippen LogP contribution in [0, 0.1) is 5.82 Å². The number of benzene rings is 2. The molecule has 0 radical (unpaired) electrons. The Morgan fingerprint density at radius 2 is 1.67 bits per heavy atom. The molecule has 0 atom stereocenters. The number of rotatable bonds is 2. The minimum Gasteiger partial charge on any atom is -0.339 e. The SMILES string of the molecule is O=c1cc(-c2cc(F)c(Cl)nc2Cl)[nH]c2c(-c3cccc4ccccc34)c(C(Cl)(Cl)Cl)nn12. The van der Waals surface area contributed by atoms with E-state index in [-0.39, 0.29) is 32.9 Å². The fourth-order valence-corrected chi connectivity index (χ4v) is 4.54. The number of halogens is 6. The van der Waals surface area contributed by atoms with Crippen molar-refractivity contribution in [3.63, 3.8) is 0 Å². The van der Waals surface area contributed by atoms with E-state index in [0.717, 1.165) is 21.4 Å². The van der Waals surface area contributed by atoms with Crippen molar-refractivity contribution in [3.05, 3.63) is 86.8 Å². The van der Waals surface area contributed by atoms with Gasteiger partial charge in [0.2, 0.25) is 3.79 Å². The number of alkyl halides is 3. The van der Waals surface area contributed by atoms with Gasteiger partial charge in [0.05, 0.1) is 11.3 Å². The summed E-state index contributed by atoms with van der Waals surface area (Å²) in [5, 5.41) is 5.61. The molecule has 0 amide bonds. The monoisotopic (exact) mass is 540 g/mol. The zero-order valence-electron chi connectivity index (χ0n) is 16.2. The lowest BCUT2D eigenvalue weighted by atomic mass is 9.98. The largest absolute Gasteiger partial charge is 0.339 e. The molecule has 0 saturated carbocycles. The normalized spacial score (nSPS) is 12.1. The van der Waals surface area contributed by atoms with E-state index in [1.807, 2.05) is 42.5 Å². The summed E-state index contributed by atoms with van der Waals surface area (Å²) in [4.78, 5) is 19.9. The number of aromatic amines is 1. The molecule has 11 heteroatoms. The molecule has 0 spiro atoms. The number of hydrogen-bond acceptors (Lipinski definition) is 3. The van der Waals surface area contributed by atoms with Crippen LogP contribution in [-0.2, 0) is 3.79 Å². The van der Waals surface area contributed by atoms with Crippen molar-refractivity contribution in [2.45, 2.75) is 3.79 Å². The zero-order chi connectivity index (χ0) is 23.5.